The minimum Gasteiger partial charge on any atom is -0.464 e. The van der Waals surface area contributed by atoms with Gasteiger partial charge in [-0.1, -0.05) is 12.1 Å². The summed E-state index contributed by atoms with van der Waals surface area (Å²) in [5.74, 6) is -1.17. The number of hydrogen-bond acceptors (Lipinski definition) is 5. The molecule has 5 heteroatoms. The zero-order valence-electron chi connectivity index (χ0n) is 7.29. The van der Waals surface area contributed by atoms with E-state index in [1.807, 2.05) is 0 Å². The number of hydrogen-bond donors (Lipinski definition) is 0. The Balaban J connectivity index is 4.55. The fraction of sp³-hybridized carbons (Fsp3) is 0.571. The van der Waals surface area contributed by atoms with Crippen molar-refractivity contribution in [2.24, 2.45) is 5.16 Å². The van der Waals surface area contributed by atoms with Crippen molar-refractivity contribution >= 4 is 17.5 Å². The average molecular weight is 173 g/mol. The molecule has 0 N–H and O–H groups in total. The quantitative estimate of drug-likeness (QED) is 0.262. The number of oxime groups is 1. The highest BCUT2D eigenvalue weighted by Crippen LogP contribution is 1.91. The number of carbonyl (C=O) groups excluding carboxylic acids is 2. The summed E-state index contributed by atoms with van der Waals surface area (Å²) in [5.41, 5.74) is -0.303. The molecule has 0 atom stereocenters. The Hall–Kier alpha value is -1.39. The van der Waals surface area contributed by atoms with Gasteiger partial charge in [0.1, 0.15) is 7.11 Å². The molecule has 0 aromatic heterocycles. The molecule has 0 fully saturated rings. The Kier molecular flexibility index (Phi) is 4.67. The van der Waals surface area contributed by atoms with Gasteiger partial charge >= 0.3 is 5.97 Å². The smallest absolute Gasteiger partial charge is 0.363 e. The predicted octanol–water partition coefficient (Wildman–Crippen LogP) is 0.141. The topological polar surface area (TPSA) is 65.0 Å². The Morgan fingerprint density at radius 2 is 1.92 bits per heavy atom. The van der Waals surface area contributed by atoms with E-state index in [0.29, 0.717) is 0 Å². The second kappa shape index (κ2) is 5.29. The van der Waals surface area contributed by atoms with Crippen molar-refractivity contribution < 1.29 is 19.2 Å². The first kappa shape index (κ1) is 10.6. The third-order valence-electron chi connectivity index (χ3n) is 1.15. The molecule has 0 saturated carbocycles. The monoisotopic (exact) mass is 173 g/mol. The molecule has 0 bridgehead atoms. The minimum absolute atomic E-state index is 0.192. The molecule has 0 aromatic carbocycles. The second-order valence-corrected chi connectivity index (χ2v) is 1.89. The number of Topliss-reactive ketones (excluding diaryl/α,β-unsaturated/α-hetero) is 1. The maximum Gasteiger partial charge on any atom is 0.363 e. The normalized spacial score (nSPS) is 10.8. The zero-order valence-corrected chi connectivity index (χ0v) is 7.29. The molecular formula is C7H11NO4. The first-order valence-corrected chi connectivity index (χ1v) is 3.40. The molecule has 68 valence electrons. The number of rotatable bonds is 4. The molecular weight excluding hydrogens is 162 g/mol. The van der Waals surface area contributed by atoms with Gasteiger partial charge < -0.3 is 9.57 Å². The zero-order chi connectivity index (χ0) is 9.56. The summed E-state index contributed by atoms with van der Waals surface area (Å²) >= 11 is 0. The van der Waals surface area contributed by atoms with Crippen molar-refractivity contribution in [1.82, 2.24) is 0 Å². The van der Waals surface area contributed by atoms with Crippen molar-refractivity contribution in [2.75, 3.05) is 14.2 Å². The van der Waals surface area contributed by atoms with Crippen LogP contribution in [0, 0.1) is 0 Å². The van der Waals surface area contributed by atoms with E-state index in [9.17, 15) is 9.59 Å². The summed E-state index contributed by atoms with van der Waals surface area (Å²) in [6.45, 7) is 1.62. The van der Waals surface area contributed by atoms with Gasteiger partial charge in [0.25, 0.3) is 0 Å². The summed E-state index contributed by atoms with van der Waals surface area (Å²) in [6, 6.07) is 0. The van der Waals surface area contributed by atoms with Crippen LogP contribution in [0.25, 0.3) is 0 Å². The third-order valence-corrected chi connectivity index (χ3v) is 1.15. The lowest BCUT2D eigenvalue weighted by Crippen LogP contribution is -2.25. The molecule has 0 aliphatic heterocycles. The molecule has 0 aliphatic carbocycles. The number of ether oxygens (including phenoxy) is 1. The van der Waals surface area contributed by atoms with Crippen LogP contribution in [0.15, 0.2) is 5.16 Å². The molecule has 0 amide bonds. The maximum atomic E-state index is 11.0. The van der Waals surface area contributed by atoms with Crippen molar-refractivity contribution in [1.29, 1.82) is 0 Å². The minimum atomic E-state index is -0.774. The van der Waals surface area contributed by atoms with Gasteiger partial charge in [0.2, 0.25) is 5.71 Å². The van der Waals surface area contributed by atoms with E-state index in [0.717, 1.165) is 0 Å². The summed E-state index contributed by atoms with van der Waals surface area (Å²) in [7, 11) is 2.43. The van der Waals surface area contributed by atoms with Crippen molar-refractivity contribution in [3.63, 3.8) is 0 Å². The van der Waals surface area contributed by atoms with E-state index in [4.69, 9.17) is 0 Å². The van der Waals surface area contributed by atoms with Crippen LogP contribution in [-0.4, -0.2) is 31.7 Å². The van der Waals surface area contributed by atoms with Crippen LogP contribution in [0.5, 0.6) is 0 Å². The Labute approximate surface area is 70.3 Å². The van der Waals surface area contributed by atoms with Crippen LogP contribution in [0.4, 0.5) is 0 Å². The molecule has 12 heavy (non-hydrogen) atoms. The highest BCUT2D eigenvalue weighted by molar-refractivity contribution is 6.64. The lowest BCUT2D eigenvalue weighted by molar-refractivity contribution is -0.133. The lowest BCUT2D eigenvalue weighted by atomic mass is 10.2. The molecule has 0 rings (SSSR count). The van der Waals surface area contributed by atoms with Crippen LogP contribution >= 0.6 is 0 Å². The number of carbonyl (C=O) groups is 2. The maximum absolute atomic E-state index is 11.0. The summed E-state index contributed by atoms with van der Waals surface area (Å²) in [5, 5.41) is 3.26. The molecule has 0 aliphatic rings. The van der Waals surface area contributed by atoms with E-state index in [1.54, 1.807) is 6.92 Å². The van der Waals surface area contributed by atoms with Gasteiger partial charge in [-0.3, -0.25) is 4.79 Å². The van der Waals surface area contributed by atoms with Crippen LogP contribution < -0.4 is 0 Å². The van der Waals surface area contributed by atoms with E-state index in [1.165, 1.54) is 14.2 Å². The highest BCUT2D eigenvalue weighted by Gasteiger charge is 2.19. The van der Waals surface area contributed by atoms with Gasteiger partial charge in [-0.15, -0.1) is 0 Å². The molecule has 0 saturated heterocycles. The lowest BCUT2D eigenvalue weighted by Gasteiger charge is -1.99. The highest BCUT2D eigenvalue weighted by atomic mass is 16.6. The molecule has 0 spiro atoms. The standard InChI is InChI=1S/C7H11NO4/c1-4-5(9)6(8-12-3)7(10)11-2/h4H2,1-3H3/b8-6-. The van der Waals surface area contributed by atoms with Crippen molar-refractivity contribution in [2.45, 2.75) is 13.3 Å². The van der Waals surface area contributed by atoms with Gasteiger partial charge in [-0.25, -0.2) is 4.79 Å². The summed E-state index contributed by atoms with van der Waals surface area (Å²) in [6.07, 6.45) is 0.192. The largest absolute Gasteiger partial charge is 0.464 e. The van der Waals surface area contributed by atoms with Gasteiger partial charge in [0.15, 0.2) is 5.78 Å². The van der Waals surface area contributed by atoms with E-state index in [2.05, 4.69) is 14.7 Å². The van der Waals surface area contributed by atoms with E-state index in [-0.39, 0.29) is 12.1 Å². The van der Waals surface area contributed by atoms with Crippen LogP contribution in [0.2, 0.25) is 0 Å². The Morgan fingerprint density at radius 1 is 1.33 bits per heavy atom. The summed E-state index contributed by atoms with van der Waals surface area (Å²) < 4.78 is 4.32. The molecule has 0 heterocycles. The first-order chi connectivity index (χ1) is 5.67. The fourth-order valence-electron chi connectivity index (χ4n) is 0.557. The average Bonchev–Trinajstić information content (AvgIpc) is 2.11. The molecule has 5 nitrogen and oxygen atoms in total. The SMILES string of the molecule is CCC(=O)/C(=N/OC)C(=O)OC. The second-order valence-electron chi connectivity index (χ2n) is 1.89. The van der Waals surface area contributed by atoms with Gasteiger partial charge in [-0.05, 0) is 0 Å². The van der Waals surface area contributed by atoms with Crippen LogP contribution in [-0.2, 0) is 19.2 Å². The number of methoxy groups -OCH3 is 1. The Morgan fingerprint density at radius 3 is 2.25 bits per heavy atom. The number of ketones is 1. The van der Waals surface area contributed by atoms with Crippen molar-refractivity contribution in [3.8, 4) is 0 Å². The number of nitrogens with zero attached hydrogens (tertiary/aromatic N) is 1. The Bertz CT molecular complexity index is 191. The first-order valence-electron chi connectivity index (χ1n) is 3.40. The van der Waals surface area contributed by atoms with Crippen molar-refractivity contribution in [3.05, 3.63) is 0 Å². The van der Waals surface area contributed by atoms with Gasteiger partial charge in [0, 0.05) is 6.42 Å². The third kappa shape index (κ3) is 2.69. The summed E-state index contributed by atoms with van der Waals surface area (Å²) in [4.78, 5) is 26.2. The fourth-order valence-corrected chi connectivity index (χ4v) is 0.557. The molecule has 0 radical (unpaired) electrons. The number of esters is 1. The molecule has 0 aromatic rings. The van der Waals surface area contributed by atoms with E-state index < -0.39 is 11.8 Å². The van der Waals surface area contributed by atoms with Crippen LogP contribution in [0.1, 0.15) is 13.3 Å². The van der Waals surface area contributed by atoms with Gasteiger partial charge in [-0.2, -0.15) is 0 Å². The van der Waals surface area contributed by atoms with E-state index >= 15 is 0 Å². The van der Waals surface area contributed by atoms with Gasteiger partial charge in [0.05, 0.1) is 7.11 Å². The molecule has 0 unspecified atom stereocenters. The predicted molar refractivity (Wildman–Crippen MR) is 41.8 cm³/mol. The van der Waals surface area contributed by atoms with Crippen LogP contribution in [0.3, 0.4) is 0 Å².